The molecule has 124 valence electrons. The zero-order chi connectivity index (χ0) is 16.9. The zero-order valence-corrected chi connectivity index (χ0v) is 13.5. The van der Waals surface area contributed by atoms with Crippen molar-refractivity contribution in [2.45, 2.75) is 20.0 Å². The van der Waals surface area contributed by atoms with Gasteiger partial charge in [0.1, 0.15) is 5.82 Å². The fraction of sp³-hybridized carbons (Fsp3) is 0.294. The van der Waals surface area contributed by atoms with Gasteiger partial charge in [-0.2, -0.15) is 0 Å². The molecule has 0 atom stereocenters. The molecule has 2 aromatic heterocycles. The molecule has 7 nitrogen and oxygen atoms in total. The lowest BCUT2D eigenvalue weighted by atomic mass is 10.2. The number of hydrogen-bond donors (Lipinski definition) is 2. The van der Waals surface area contributed by atoms with Crippen LogP contribution in [-0.4, -0.2) is 39.8 Å². The maximum Gasteiger partial charge on any atom is 0.256 e. The second-order valence-electron chi connectivity index (χ2n) is 5.62. The Balaban J connectivity index is 1.61. The molecule has 0 fully saturated rings. The fourth-order valence-electron chi connectivity index (χ4n) is 2.58. The van der Waals surface area contributed by atoms with Crippen LogP contribution in [0.25, 0.3) is 0 Å². The van der Waals surface area contributed by atoms with Crippen molar-refractivity contribution >= 4 is 17.6 Å². The molecule has 7 heteroatoms. The molecule has 1 aliphatic heterocycles. The molecular formula is C17H19N5O2. The summed E-state index contributed by atoms with van der Waals surface area (Å²) in [6.45, 7) is 3.48. The predicted octanol–water partition coefficient (Wildman–Crippen LogP) is 1.18. The van der Waals surface area contributed by atoms with Gasteiger partial charge in [0.25, 0.3) is 5.91 Å². The molecule has 0 aromatic carbocycles. The van der Waals surface area contributed by atoms with Crippen LogP contribution in [0.1, 0.15) is 28.5 Å². The first-order chi connectivity index (χ1) is 11.6. The number of carbonyl (C=O) groups excluding carboxylic acids is 2. The third-order valence-electron chi connectivity index (χ3n) is 3.78. The Bertz CT molecular complexity index is 748. The minimum Gasteiger partial charge on any atom is -0.366 e. The maximum absolute atomic E-state index is 12.3. The number of amides is 2. The molecule has 0 aliphatic carbocycles. The molecule has 0 unspecified atom stereocenters. The van der Waals surface area contributed by atoms with Crippen LogP contribution in [-0.2, 0) is 17.9 Å². The topological polar surface area (TPSA) is 87.2 Å². The van der Waals surface area contributed by atoms with Crippen LogP contribution in [0, 0.1) is 0 Å². The molecule has 0 radical (unpaired) electrons. The highest BCUT2D eigenvalue weighted by molar-refractivity contribution is 5.98. The number of aromatic nitrogens is 2. The first kappa shape index (κ1) is 15.9. The Kier molecular flexibility index (Phi) is 4.69. The standard InChI is InChI=1S/C17H19N5O2/c1-12(23)19-7-8-22-11-15-14(17(22)24)4-5-16(21-15)20-10-13-3-2-6-18-9-13/h2-6,9H,7-8,10-11H2,1H3,(H,19,23)(H,20,21). The molecule has 2 aromatic rings. The van der Waals surface area contributed by atoms with E-state index >= 15 is 0 Å². The van der Waals surface area contributed by atoms with Crippen molar-refractivity contribution in [1.82, 2.24) is 20.2 Å². The SMILES string of the molecule is CC(=O)NCCN1Cc2nc(NCc3cccnc3)ccc2C1=O. The van der Waals surface area contributed by atoms with Crippen molar-refractivity contribution in [3.8, 4) is 0 Å². The summed E-state index contributed by atoms with van der Waals surface area (Å²) in [5, 5.41) is 5.94. The van der Waals surface area contributed by atoms with E-state index in [1.54, 1.807) is 23.4 Å². The van der Waals surface area contributed by atoms with Gasteiger partial charge in [0.05, 0.1) is 17.8 Å². The number of nitrogens with zero attached hydrogens (tertiary/aromatic N) is 3. The summed E-state index contributed by atoms with van der Waals surface area (Å²) in [6, 6.07) is 7.48. The summed E-state index contributed by atoms with van der Waals surface area (Å²) < 4.78 is 0. The first-order valence-electron chi connectivity index (χ1n) is 7.80. The quantitative estimate of drug-likeness (QED) is 0.833. The van der Waals surface area contributed by atoms with Gasteiger partial charge in [0.15, 0.2) is 0 Å². The Hall–Kier alpha value is -2.96. The third-order valence-corrected chi connectivity index (χ3v) is 3.78. The van der Waals surface area contributed by atoms with E-state index in [9.17, 15) is 9.59 Å². The smallest absolute Gasteiger partial charge is 0.256 e. The molecule has 3 rings (SSSR count). The predicted molar refractivity (Wildman–Crippen MR) is 89.2 cm³/mol. The lowest BCUT2D eigenvalue weighted by molar-refractivity contribution is -0.119. The highest BCUT2D eigenvalue weighted by Gasteiger charge is 2.28. The molecule has 0 bridgehead atoms. The van der Waals surface area contributed by atoms with E-state index in [1.807, 2.05) is 18.2 Å². The highest BCUT2D eigenvalue weighted by Crippen LogP contribution is 2.22. The number of carbonyl (C=O) groups is 2. The maximum atomic E-state index is 12.3. The summed E-state index contributed by atoms with van der Waals surface area (Å²) in [4.78, 5) is 33.5. The molecular weight excluding hydrogens is 306 g/mol. The van der Waals surface area contributed by atoms with Crippen LogP contribution >= 0.6 is 0 Å². The molecule has 3 heterocycles. The van der Waals surface area contributed by atoms with Crippen LogP contribution in [0.15, 0.2) is 36.7 Å². The van der Waals surface area contributed by atoms with Crippen molar-refractivity contribution < 1.29 is 9.59 Å². The Morgan fingerprint density at radius 3 is 2.96 bits per heavy atom. The third kappa shape index (κ3) is 3.68. The van der Waals surface area contributed by atoms with E-state index in [0.29, 0.717) is 31.7 Å². The Labute approximate surface area is 140 Å². The van der Waals surface area contributed by atoms with Crippen LogP contribution in [0.4, 0.5) is 5.82 Å². The van der Waals surface area contributed by atoms with Gasteiger partial charge in [0, 0.05) is 39.0 Å². The molecule has 24 heavy (non-hydrogen) atoms. The zero-order valence-electron chi connectivity index (χ0n) is 13.5. The molecule has 2 amide bonds. The number of rotatable bonds is 6. The van der Waals surface area contributed by atoms with E-state index < -0.39 is 0 Å². The van der Waals surface area contributed by atoms with E-state index in [0.717, 1.165) is 17.1 Å². The summed E-state index contributed by atoms with van der Waals surface area (Å²) in [5.74, 6) is 0.593. The largest absolute Gasteiger partial charge is 0.366 e. The molecule has 2 N–H and O–H groups in total. The monoisotopic (exact) mass is 325 g/mol. The molecule has 0 saturated carbocycles. The number of pyridine rings is 2. The first-order valence-corrected chi connectivity index (χ1v) is 7.80. The van der Waals surface area contributed by atoms with E-state index in [-0.39, 0.29) is 11.8 Å². The second kappa shape index (κ2) is 7.08. The summed E-state index contributed by atoms with van der Waals surface area (Å²) in [6.07, 6.45) is 3.53. The summed E-state index contributed by atoms with van der Waals surface area (Å²) in [7, 11) is 0. The Morgan fingerprint density at radius 1 is 1.33 bits per heavy atom. The van der Waals surface area contributed by atoms with Gasteiger partial charge in [-0.3, -0.25) is 14.6 Å². The number of fused-ring (bicyclic) bond motifs is 1. The van der Waals surface area contributed by atoms with Crippen molar-refractivity contribution in [2.75, 3.05) is 18.4 Å². The second-order valence-corrected chi connectivity index (χ2v) is 5.62. The summed E-state index contributed by atoms with van der Waals surface area (Å²) in [5.41, 5.74) is 2.46. The number of nitrogens with one attached hydrogen (secondary N) is 2. The van der Waals surface area contributed by atoms with Crippen molar-refractivity contribution in [3.05, 3.63) is 53.5 Å². The minimum atomic E-state index is -0.0980. The molecule has 0 spiro atoms. The van der Waals surface area contributed by atoms with Gasteiger partial charge >= 0.3 is 0 Å². The van der Waals surface area contributed by atoms with Crippen LogP contribution in [0.3, 0.4) is 0 Å². The van der Waals surface area contributed by atoms with Gasteiger partial charge in [0.2, 0.25) is 5.91 Å². The normalized spacial score (nSPS) is 12.9. The lowest BCUT2D eigenvalue weighted by Crippen LogP contribution is -2.34. The molecule has 1 aliphatic rings. The van der Waals surface area contributed by atoms with Crippen molar-refractivity contribution in [1.29, 1.82) is 0 Å². The van der Waals surface area contributed by atoms with Crippen LogP contribution in [0.5, 0.6) is 0 Å². The average Bonchev–Trinajstić information content (AvgIpc) is 2.89. The van der Waals surface area contributed by atoms with E-state index in [1.165, 1.54) is 6.92 Å². The number of anilines is 1. The van der Waals surface area contributed by atoms with Gasteiger partial charge in [-0.1, -0.05) is 6.07 Å². The van der Waals surface area contributed by atoms with E-state index in [2.05, 4.69) is 20.6 Å². The van der Waals surface area contributed by atoms with Gasteiger partial charge in [-0.05, 0) is 23.8 Å². The van der Waals surface area contributed by atoms with Crippen molar-refractivity contribution in [2.24, 2.45) is 0 Å². The van der Waals surface area contributed by atoms with Gasteiger partial charge in [-0.25, -0.2) is 4.98 Å². The summed E-state index contributed by atoms with van der Waals surface area (Å²) >= 11 is 0. The van der Waals surface area contributed by atoms with Crippen molar-refractivity contribution in [3.63, 3.8) is 0 Å². The van der Waals surface area contributed by atoms with Gasteiger partial charge < -0.3 is 15.5 Å². The Morgan fingerprint density at radius 2 is 2.21 bits per heavy atom. The number of hydrogen-bond acceptors (Lipinski definition) is 5. The average molecular weight is 325 g/mol. The lowest BCUT2D eigenvalue weighted by Gasteiger charge is -2.14. The highest BCUT2D eigenvalue weighted by atomic mass is 16.2. The van der Waals surface area contributed by atoms with Crippen LogP contribution < -0.4 is 10.6 Å². The minimum absolute atomic E-state index is 0.0401. The van der Waals surface area contributed by atoms with Gasteiger partial charge in [-0.15, -0.1) is 0 Å². The van der Waals surface area contributed by atoms with E-state index in [4.69, 9.17) is 0 Å². The fourth-order valence-corrected chi connectivity index (χ4v) is 2.58. The van der Waals surface area contributed by atoms with Crippen LogP contribution in [0.2, 0.25) is 0 Å². The molecule has 0 saturated heterocycles.